The van der Waals surface area contributed by atoms with E-state index in [1.165, 1.54) is 11.1 Å². The van der Waals surface area contributed by atoms with Crippen LogP contribution in [0.1, 0.15) is 19.4 Å². The molecule has 0 saturated heterocycles. The highest BCUT2D eigenvalue weighted by molar-refractivity contribution is 7.15. The van der Waals surface area contributed by atoms with Crippen molar-refractivity contribution in [3.05, 3.63) is 47.6 Å². The zero-order chi connectivity index (χ0) is 12.3. The van der Waals surface area contributed by atoms with Crippen LogP contribution in [0, 0.1) is 6.92 Å². The summed E-state index contributed by atoms with van der Waals surface area (Å²) in [6.45, 7) is 6.09. The molecule has 0 radical (unpaired) electrons. The summed E-state index contributed by atoms with van der Waals surface area (Å²) in [6, 6.07) is 8.45. The predicted molar refractivity (Wildman–Crippen MR) is 74.6 cm³/mol. The number of rotatable bonds is 1. The van der Waals surface area contributed by atoms with Gasteiger partial charge in [-0.1, -0.05) is 43.7 Å². The highest BCUT2D eigenvalue weighted by Gasteiger charge is 2.03. The van der Waals surface area contributed by atoms with Crippen LogP contribution >= 0.6 is 11.3 Å². The van der Waals surface area contributed by atoms with E-state index in [4.69, 9.17) is 0 Å². The maximum Gasteiger partial charge on any atom is 0.194 e. The number of nitrogens with zero attached hydrogens (tertiary/aromatic N) is 2. The first-order valence-electron chi connectivity index (χ1n) is 5.82. The first kappa shape index (κ1) is 11.9. The van der Waals surface area contributed by atoms with Crippen molar-refractivity contribution in [2.45, 2.75) is 20.8 Å². The van der Waals surface area contributed by atoms with Crippen molar-refractivity contribution in [1.29, 1.82) is 0 Å². The van der Waals surface area contributed by atoms with Gasteiger partial charge in [-0.25, -0.2) is 4.98 Å². The number of hydrogen-bond acceptors (Lipinski definition) is 2. The first-order valence-corrected chi connectivity index (χ1v) is 6.70. The zero-order valence-corrected chi connectivity index (χ0v) is 11.2. The van der Waals surface area contributed by atoms with Gasteiger partial charge in [0.1, 0.15) is 0 Å². The van der Waals surface area contributed by atoms with Crippen LogP contribution in [0.2, 0.25) is 0 Å². The Hall–Kier alpha value is -1.61. The minimum atomic E-state index is 1.04. The van der Waals surface area contributed by atoms with Gasteiger partial charge < -0.3 is 0 Å². The van der Waals surface area contributed by atoms with Crippen molar-refractivity contribution >= 4 is 16.3 Å². The molecule has 0 bridgehead atoms. The molecule has 0 atom stereocenters. The number of benzene rings is 1. The van der Waals surface area contributed by atoms with Gasteiger partial charge in [-0.05, 0) is 6.92 Å². The first-order chi connectivity index (χ1) is 8.33. The van der Waals surface area contributed by atoms with Gasteiger partial charge in [0.05, 0.1) is 5.69 Å². The number of hydrogen-bond donors (Lipinski definition) is 0. The normalized spacial score (nSPS) is 10.1. The van der Waals surface area contributed by atoms with Crippen molar-refractivity contribution in [2.75, 3.05) is 0 Å². The van der Waals surface area contributed by atoms with Crippen LogP contribution in [0.3, 0.4) is 0 Å². The average molecular weight is 244 g/mol. The molecule has 2 nitrogen and oxygen atoms in total. The largest absolute Gasteiger partial charge is 0.297 e. The summed E-state index contributed by atoms with van der Waals surface area (Å²) in [5.74, 6) is 0. The molecule has 17 heavy (non-hydrogen) atoms. The van der Waals surface area contributed by atoms with Crippen LogP contribution < -0.4 is 0 Å². The molecule has 88 valence electrons. The van der Waals surface area contributed by atoms with Crippen molar-refractivity contribution < 1.29 is 0 Å². The Labute approximate surface area is 106 Å². The second kappa shape index (κ2) is 5.15. The Morgan fingerprint density at radius 2 is 1.82 bits per heavy atom. The molecule has 0 unspecified atom stereocenters. The third-order valence-corrected chi connectivity index (χ3v) is 3.21. The molecule has 0 spiro atoms. The molecule has 3 heteroatoms. The summed E-state index contributed by atoms with van der Waals surface area (Å²) >= 11 is 1.66. The van der Waals surface area contributed by atoms with Crippen molar-refractivity contribution in [1.82, 2.24) is 9.38 Å². The minimum Gasteiger partial charge on any atom is -0.297 e. The molecule has 0 aliphatic heterocycles. The summed E-state index contributed by atoms with van der Waals surface area (Å²) in [5.41, 5.74) is 3.50. The van der Waals surface area contributed by atoms with E-state index in [-0.39, 0.29) is 0 Å². The molecule has 0 aliphatic carbocycles. The average Bonchev–Trinajstić information content (AvgIpc) is 2.93. The molecule has 0 saturated carbocycles. The number of aromatic nitrogens is 2. The SMILES string of the molecule is CC.Cc1ccc(-c2cn3ccsc3n2)cc1. The number of aryl methyl sites for hydroxylation is 1. The van der Waals surface area contributed by atoms with Crippen LogP contribution in [-0.4, -0.2) is 9.38 Å². The van der Waals surface area contributed by atoms with Gasteiger partial charge in [-0.3, -0.25) is 4.40 Å². The summed E-state index contributed by atoms with van der Waals surface area (Å²) in [5, 5.41) is 2.04. The van der Waals surface area contributed by atoms with Crippen molar-refractivity contribution in [3.8, 4) is 11.3 Å². The fourth-order valence-electron chi connectivity index (χ4n) is 1.59. The molecule has 0 aliphatic rings. The van der Waals surface area contributed by atoms with Gasteiger partial charge in [0.15, 0.2) is 4.96 Å². The van der Waals surface area contributed by atoms with E-state index < -0.39 is 0 Å². The van der Waals surface area contributed by atoms with Gasteiger partial charge in [0, 0.05) is 23.3 Å². The third-order valence-electron chi connectivity index (χ3n) is 2.44. The Morgan fingerprint density at radius 3 is 2.47 bits per heavy atom. The van der Waals surface area contributed by atoms with Crippen LogP contribution in [0.15, 0.2) is 42.0 Å². The highest BCUT2D eigenvalue weighted by atomic mass is 32.1. The molecule has 3 aromatic rings. The maximum atomic E-state index is 4.55. The quantitative estimate of drug-likeness (QED) is 0.620. The predicted octanol–water partition coefficient (Wildman–Crippen LogP) is 4.40. The second-order valence-corrected chi connectivity index (χ2v) is 4.46. The molecular weight excluding hydrogens is 228 g/mol. The van der Waals surface area contributed by atoms with E-state index in [0.717, 1.165) is 10.7 Å². The maximum absolute atomic E-state index is 4.55. The Bertz CT molecular complexity index is 562. The lowest BCUT2D eigenvalue weighted by molar-refractivity contribution is 1.23. The van der Waals surface area contributed by atoms with E-state index in [0.29, 0.717) is 0 Å². The molecule has 0 fully saturated rings. The number of fused-ring (bicyclic) bond motifs is 1. The summed E-state index contributed by atoms with van der Waals surface area (Å²) in [6.07, 6.45) is 4.10. The van der Waals surface area contributed by atoms with Gasteiger partial charge in [0.2, 0.25) is 0 Å². The van der Waals surface area contributed by atoms with E-state index in [1.54, 1.807) is 11.3 Å². The monoisotopic (exact) mass is 244 g/mol. The van der Waals surface area contributed by atoms with Gasteiger partial charge in [0.25, 0.3) is 0 Å². The van der Waals surface area contributed by atoms with Crippen LogP contribution in [0.5, 0.6) is 0 Å². The molecule has 2 heterocycles. The van der Waals surface area contributed by atoms with E-state index >= 15 is 0 Å². The Morgan fingerprint density at radius 1 is 1.12 bits per heavy atom. The molecular formula is C14H16N2S. The van der Waals surface area contributed by atoms with Crippen molar-refractivity contribution in [2.24, 2.45) is 0 Å². The third kappa shape index (κ3) is 2.39. The fourth-order valence-corrected chi connectivity index (χ4v) is 2.29. The van der Waals surface area contributed by atoms with Gasteiger partial charge in [-0.15, -0.1) is 11.3 Å². The van der Waals surface area contributed by atoms with E-state index in [9.17, 15) is 0 Å². The highest BCUT2D eigenvalue weighted by Crippen LogP contribution is 2.21. The zero-order valence-electron chi connectivity index (χ0n) is 10.3. The molecule has 0 N–H and O–H groups in total. The summed E-state index contributed by atoms with van der Waals surface area (Å²) in [4.78, 5) is 5.60. The summed E-state index contributed by atoms with van der Waals surface area (Å²) < 4.78 is 2.06. The van der Waals surface area contributed by atoms with Crippen LogP contribution in [-0.2, 0) is 0 Å². The number of thiazole rings is 1. The standard InChI is InChI=1S/C12H10N2S.C2H6/c1-9-2-4-10(5-3-9)11-8-14-6-7-15-12(14)13-11;1-2/h2-8H,1H3;1-2H3. The second-order valence-electron chi connectivity index (χ2n) is 3.59. The van der Waals surface area contributed by atoms with Crippen LogP contribution in [0.4, 0.5) is 0 Å². The Balaban J connectivity index is 0.000000514. The molecule has 3 rings (SSSR count). The lowest BCUT2D eigenvalue weighted by atomic mass is 10.1. The van der Waals surface area contributed by atoms with E-state index in [2.05, 4.69) is 46.8 Å². The lowest BCUT2D eigenvalue weighted by Crippen LogP contribution is -1.77. The Kier molecular flexibility index (Phi) is 3.59. The fraction of sp³-hybridized carbons (Fsp3) is 0.214. The van der Waals surface area contributed by atoms with E-state index in [1.807, 2.05) is 25.4 Å². The van der Waals surface area contributed by atoms with Crippen molar-refractivity contribution in [3.63, 3.8) is 0 Å². The number of imidazole rings is 1. The minimum absolute atomic E-state index is 1.04. The molecule has 2 aromatic heterocycles. The topological polar surface area (TPSA) is 17.3 Å². The van der Waals surface area contributed by atoms with Crippen LogP contribution in [0.25, 0.3) is 16.2 Å². The summed E-state index contributed by atoms with van der Waals surface area (Å²) in [7, 11) is 0. The molecule has 0 amide bonds. The lowest BCUT2D eigenvalue weighted by Gasteiger charge is -1.96. The molecule has 1 aromatic carbocycles. The van der Waals surface area contributed by atoms with Gasteiger partial charge in [-0.2, -0.15) is 0 Å². The van der Waals surface area contributed by atoms with Gasteiger partial charge >= 0.3 is 0 Å². The smallest absolute Gasteiger partial charge is 0.194 e.